The van der Waals surface area contributed by atoms with Crippen LogP contribution in [-0.4, -0.2) is 52.3 Å². The summed E-state index contributed by atoms with van der Waals surface area (Å²) < 4.78 is 92.0. The van der Waals surface area contributed by atoms with Crippen LogP contribution in [0.2, 0.25) is 0 Å². The van der Waals surface area contributed by atoms with Crippen molar-refractivity contribution in [3.63, 3.8) is 0 Å². The van der Waals surface area contributed by atoms with Crippen LogP contribution < -0.4 is 5.32 Å². The van der Waals surface area contributed by atoms with Crippen LogP contribution in [0, 0.1) is 5.82 Å². The molecule has 1 aromatic carbocycles. The average Bonchev–Trinajstić information content (AvgIpc) is 3.25. The molecule has 1 saturated heterocycles. The zero-order valence-corrected chi connectivity index (χ0v) is 19.1. The Morgan fingerprint density at radius 1 is 1.06 bits per heavy atom. The van der Waals surface area contributed by atoms with Gasteiger partial charge in [0.15, 0.2) is 0 Å². The van der Waals surface area contributed by atoms with E-state index in [1.54, 1.807) is 0 Å². The fourth-order valence-electron chi connectivity index (χ4n) is 3.68. The van der Waals surface area contributed by atoms with Gasteiger partial charge in [-0.25, -0.2) is 27.2 Å². The monoisotopic (exact) mass is 527 g/mol. The highest BCUT2D eigenvalue weighted by molar-refractivity contribution is 7.89. The molecule has 0 saturated carbocycles. The Balaban J connectivity index is 1.46. The third-order valence-electron chi connectivity index (χ3n) is 5.43. The summed E-state index contributed by atoms with van der Waals surface area (Å²) in [4.78, 5) is 23.2. The molecule has 2 aromatic heterocycles. The van der Waals surface area contributed by atoms with Crippen LogP contribution in [0.1, 0.15) is 17.9 Å². The van der Waals surface area contributed by atoms with Gasteiger partial charge in [-0.3, -0.25) is 9.78 Å². The standard InChI is InChI=1S/C22H18F5N5O3S/c23-15-1-3-18(4-2-15)36(34,35)32-12-16(24)8-19(32)20(33)29-11-17-7-13(5-6-28-17)14-9-30-21(31-10-14)22(25,26)27/h1-7,9-10,16,19H,8,11-12H2,(H,29,33). The second-order valence-electron chi connectivity index (χ2n) is 7.92. The molecule has 1 N–H and O–H groups in total. The fraction of sp³-hybridized carbons (Fsp3) is 0.273. The van der Waals surface area contributed by atoms with Crippen molar-refractivity contribution in [2.45, 2.75) is 36.3 Å². The van der Waals surface area contributed by atoms with Gasteiger partial charge in [0.1, 0.15) is 18.0 Å². The summed E-state index contributed by atoms with van der Waals surface area (Å²) >= 11 is 0. The normalized spacial score (nSPS) is 18.8. The summed E-state index contributed by atoms with van der Waals surface area (Å²) in [6.07, 6.45) is -3.23. The van der Waals surface area contributed by atoms with E-state index in [1.807, 2.05) is 0 Å². The summed E-state index contributed by atoms with van der Waals surface area (Å²) in [5, 5.41) is 2.52. The van der Waals surface area contributed by atoms with Gasteiger partial charge in [-0.2, -0.15) is 17.5 Å². The van der Waals surface area contributed by atoms with Gasteiger partial charge in [0.05, 0.1) is 17.1 Å². The first-order valence-electron chi connectivity index (χ1n) is 10.5. The van der Waals surface area contributed by atoms with Crippen LogP contribution in [0.25, 0.3) is 11.1 Å². The highest BCUT2D eigenvalue weighted by Crippen LogP contribution is 2.29. The second kappa shape index (κ2) is 9.85. The zero-order valence-electron chi connectivity index (χ0n) is 18.3. The first-order chi connectivity index (χ1) is 16.9. The molecular formula is C22H18F5N5O3S. The number of aromatic nitrogens is 3. The van der Waals surface area contributed by atoms with Crippen molar-refractivity contribution in [1.29, 1.82) is 0 Å². The molecule has 14 heteroatoms. The molecule has 3 heterocycles. The molecule has 2 unspecified atom stereocenters. The maximum atomic E-state index is 14.2. The number of carbonyl (C=O) groups excluding carboxylic acids is 1. The summed E-state index contributed by atoms with van der Waals surface area (Å²) in [6.45, 7) is -0.689. The first kappa shape index (κ1) is 25.6. The van der Waals surface area contributed by atoms with Crippen LogP contribution in [0.4, 0.5) is 22.0 Å². The van der Waals surface area contributed by atoms with E-state index in [0.717, 1.165) is 41.0 Å². The Hall–Kier alpha value is -3.52. The molecule has 0 aliphatic carbocycles. The number of nitrogens with zero attached hydrogens (tertiary/aromatic N) is 4. The van der Waals surface area contributed by atoms with Crippen molar-refractivity contribution in [3.05, 3.63) is 72.3 Å². The number of pyridine rings is 1. The Kier molecular flexibility index (Phi) is 7.00. The number of halogens is 5. The third kappa shape index (κ3) is 5.49. The molecular weight excluding hydrogens is 509 g/mol. The van der Waals surface area contributed by atoms with E-state index in [9.17, 15) is 35.2 Å². The predicted molar refractivity (Wildman–Crippen MR) is 116 cm³/mol. The van der Waals surface area contributed by atoms with Gasteiger partial charge < -0.3 is 5.32 Å². The number of hydrogen-bond acceptors (Lipinski definition) is 6. The number of amides is 1. The SMILES string of the molecule is O=C(NCc1cc(-c2cnc(C(F)(F)F)nc2)ccn1)C1CC(F)CN1S(=O)(=O)c1ccc(F)cc1. The van der Waals surface area contributed by atoms with E-state index >= 15 is 0 Å². The van der Waals surface area contributed by atoms with Gasteiger partial charge in [0, 0.05) is 37.1 Å². The molecule has 36 heavy (non-hydrogen) atoms. The van der Waals surface area contributed by atoms with Crippen LogP contribution in [-0.2, 0) is 27.5 Å². The van der Waals surface area contributed by atoms with E-state index in [2.05, 4.69) is 20.3 Å². The van der Waals surface area contributed by atoms with Gasteiger partial charge in [0.25, 0.3) is 0 Å². The van der Waals surface area contributed by atoms with Gasteiger partial charge >= 0.3 is 6.18 Å². The number of nitrogens with one attached hydrogen (secondary N) is 1. The maximum absolute atomic E-state index is 14.2. The minimum absolute atomic E-state index is 0.161. The first-order valence-corrected chi connectivity index (χ1v) is 11.9. The molecule has 0 bridgehead atoms. The summed E-state index contributed by atoms with van der Waals surface area (Å²) in [6, 6.07) is 5.64. The lowest BCUT2D eigenvalue weighted by Crippen LogP contribution is -2.45. The number of alkyl halides is 4. The molecule has 2 atom stereocenters. The highest BCUT2D eigenvalue weighted by Gasteiger charge is 2.44. The number of carbonyl (C=O) groups is 1. The minimum Gasteiger partial charge on any atom is -0.349 e. The molecule has 8 nitrogen and oxygen atoms in total. The number of rotatable bonds is 6. The Morgan fingerprint density at radius 2 is 1.72 bits per heavy atom. The Bertz CT molecular complexity index is 1350. The van der Waals surface area contributed by atoms with Gasteiger partial charge in [-0.05, 0) is 42.0 Å². The summed E-state index contributed by atoms with van der Waals surface area (Å²) in [5.74, 6) is -2.69. The molecule has 0 radical (unpaired) electrons. The number of hydrogen-bond donors (Lipinski definition) is 1. The molecule has 1 aliphatic rings. The van der Waals surface area contributed by atoms with E-state index in [4.69, 9.17) is 0 Å². The van der Waals surface area contributed by atoms with E-state index in [1.165, 1.54) is 18.3 Å². The van der Waals surface area contributed by atoms with E-state index in [-0.39, 0.29) is 23.4 Å². The maximum Gasteiger partial charge on any atom is 0.451 e. The van der Waals surface area contributed by atoms with Crippen molar-refractivity contribution in [2.24, 2.45) is 0 Å². The molecule has 1 fully saturated rings. The highest BCUT2D eigenvalue weighted by atomic mass is 32.2. The molecule has 1 aliphatic heterocycles. The van der Waals surface area contributed by atoms with Gasteiger partial charge in [-0.15, -0.1) is 0 Å². The van der Waals surface area contributed by atoms with E-state index < -0.39 is 52.5 Å². The topological polar surface area (TPSA) is 105 Å². The molecule has 3 aromatic rings. The van der Waals surface area contributed by atoms with Crippen molar-refractivity contribution < 1.29 is 35.2 Å². The molecule has 1 amide bonds. The predicted octanol–water partition coefficient (Wildman–Crippen LogP) is 3.11. The lowest BCUT2D eigenvalue weighted by Gasteiger charge is -2.23. The van der Waals surface area contributed by atoms with Crippen LogP contribution >= 0.6 is 0 Å². The average molecular weight is 527 g/mol. The Labute approximate surface area is 202 Å². The van der Waals surface area contributed by atoms with E-state index in [0.29, 0.717) is 11.3 Å². The van der Waals surface area contributed by atoms with Crippen LogP contribution in [0.3, 0.4) is 0 Å². The van der Waals surface area contributed by atoms with Crippen LogP contribution in [0.5, 0.6) is 0 Å². The quantitative estimate of drug-likeness (QED) is 0.494. The van der Waals surface area contributed by atoms with Gasteiger partial charge in [-0.1, -0.05) is 0 Å². The van der Waals surface area contributed by atoms with Crippen molar-refractivity contribution in [1.82, 2.24) is 24.6 Å². The third-order valence-corrected chi connectivity index (χ3v) is 7.32. The zero-order chi connectivity index (χ0) is 26.1. The van der Waals surface area contributed by atoms with Crippen molar-refractivity contribution in [2.75, 3.05) is 6.54 Å². The fourth-order valence-corrected chi connectivity index (χ4v) is 5.30. The molecule has 0 spiro atoms. The van der Waals surface area contributed by atoms with Crippen molar-refractivity contribution in [3.8, 4) is 11.1 Å². The lowest BCUT2D eigenvalue weighted by molar-refractivity contribution is -0.145. The molecule has 190 valence electrons. The van der Waals surface area contributed by atoms with Gasteiger partial charge in [0.2, 0.25) is 21.8 Å². The number of benzene rings is 1. The Morgan fingerprint density at radius 3 is 2.36 bits per heavy atom. The smallest absolute Gasteiger partial charge is 0.349 e. The van der Waals surface area contributed by atoms with Crippen molar-refractivity contribution >= 4 is 15.9 Å². The second-order valence-corrected chi connectivity index (χ2v) is 9.81. The molecule has 4 rings (SSSR count). The number of sulfonamides is 1. The minimum atomic E-state index is -4.68. The summed E-state index contributed by atoms with van der Waals surface area (Å²) in [7, 11) is -4.27. The lowest BCUT2D eigenvalue weighted by atomic mass is 10.1. The summed E-state index contributed by atoms with van der Waals surface area (Å²) in [5.41, 5.74) is 1.03. The van der Waals surface area contributed by atoms with Crippen LogP contribution in [0.15, 0.2) is 59.9 Å². The largest absolute Gasteiger partial charge is 0.451 e.